The number of rotatable bonds is 3. The number of hydrogen-bond acceptors (Lipinski definition) is 3. The van der Waals surface area contributed by atoms with Crippen molar-refractivity contribution in [2.24, 2.45) is 5.92 Å². The molecule has 0 atom stereocenters. The first-order valence-corrected chi connectivity index (χ1v) is 7.99. The third-order valence-corrected chi connectivity index (χ3v) is 4.50. The minimum Gasteiger partial charge on any atom is -0.322 e. The zero-order chi connectivity index (χ0) is 13.2. The largest absolute Gasteiger partial charge is 0.322 e. The zero-order valence-corrected chi connectivity index (χ0v) is 11.3. The Kier molecular flexibility index (Phi) is 3.91. The van der Waals surface area contributed by atoms with Crippen LogP contribution in [0.1, 0.15) is 12.8 Å². The Morgan fingerprint density at radius 2 is 1.83 bits per heavy atom. The number of amides is 2. The predicted octanol–water partition coefficient (Wildman–Crippen LogP) is 0.197. The van der Waals surface area contributed by atoms with Gasteiger partial charge in [0, 0.05) is 32.4 Å². The van der Waals surface area contributed by atoms with Gasteiger partial charge in [0.25, 0.3) is 0 Å². The molecule has 1 N–H and O–H groups in total. The highest BCUT2D eigenvalue weighted by atomic mass is 32.2. The van der Waals surface area contributed by atoms with Crippen molar-refractivity contribution in [2.45, 2.75) is 12.8 Å². The van der Waals surface area contributed by atoms with Gasteiger partial charge in [0.2, 0.25) is 10.0 Å². The van der Waals surface area contributed by atoms with E-state index in [9.17, 15) is 13.2 Å². The molecule has 2 aliphatic rings. The van der Waals surface area contributed by atoms with Crippen molar-refractivity contribution in [3.8, 4) is 0 Å². The summed E-state index contributed by atoms with van der Waals surface area (Å²) in [4.78, 5) is 13.4. The molecule has 0 aromatic carbocycles. The van der Waals surface area contributed by atoms with Crippen molar-refractivity contribution in [2.75, 3.05) is 32.4 Å². The molecule has 0 spiro atoms. The van der Waals surface area contributed by atoms with Crippen molar-refractivity contribution >= 4 is 16.1 Å². The molecule has 102 valence electrons. The molecule has 0 radical (unpaired) electrons. The summed E-state index contributed by atoms with van der Waals surface area (Å²) in [5.74, 6) is 0.632. The van der Waals surface area contributed by atoms with Gasteiger partial charge in [-0.25, -0.2) is 13.2 Å². The molecule has 1 heterocycles. The van der Waals surface area contributed by atoms with Crippen LogP contribution in [-0.2, 0) is 10.0 Å². The number of nitrogens with one attached hydrogen (secondary N) is 1. The maximum absolute atomic E-state index is 11.8. The molecule has 0 unspecified atom stereocenters. The molecule has 2 amide bonds. The maximum atomic E-state index is 11.8. The Balaban J connectivity index is 1.76. The number of carbonyl (C=O) groups excluding carboxylic acids is 1. The van der Waals surface area contributed by atoms with Crippen LogP contribution < -0.4 is 5.32 Å². The molecule has 1 aliphatic carbocycles. The molecule has 1 saturated heterocycles. The first-order valence-electron chi connectivity index (χ1n) is 6.14. The van der Waals surface area contributed by atoms with Crippen molar-refractivity contribution in [1.82, 2.24) is 14.5 Å². The molecular formula is C11H19N3O3S. The van der Waals surface area contributed by atoms with Crippen molar-refractivity contribution in [3.63, 3.8) is 0 Å². The fourth-order valence-electron chi connectivity index (χ4n) is 1.86. The topological polar surface area (TPSA) is 69.7 Å². The summed E-state index contributed by atoms with van der Waals surface area (Å²) in [5.41, 5.74) is 0. The molecule has 6 nitrogen and oxygen atoms in total. The number of hydrogen-bond donors (Lipinski definition) is 1. The third kappa shape index (κ3) is 3.71. The second kappa shape index (κ2) is 5.27. The van der Waals surface area contributed by atoms with E-state index < -0.39 is 10.0 Å². The number of urea groups is 1. The second-order valence-corrected chi connectivity index (χ2v) is 6.78. The summed E-state index contributed by atoms with van der Waals surface area (Å²) in [6.45, 7) is 1.63. The van der Waals surface area contributed by atoms with E-state index in [1.165, 1.54) is 23.4 Å². The van der Waals surface area contributed by atoms with Crippen LogP contribution in [0.4, 0.5) is 4.79 Å². The van der Waals surface area contributed by atoms with E-state index in [4.69, 9.17) is 0 Å². The normalized spacial score (nSPS) is 22.4. The van der Waals surface area contributed by atoms with Gasteiger partial charge in [0.15, 0.2) is 0 Å². The van der Waals surface area contributed by atoms with Crippen LogP contribution in [0, 0.1) is 5.92 Å². The standard InChI is InChI=1S/C11H19N3O3S/c1-18(16,17)14-8-6-13(7-9-14)11(15)12-5-4-10-2-3-10/h4-5,10H,2-3,6-9H2,1H3,(H,12,15)/b5-4+. The smallest absolute Gasteiger partial charge is 0.321 e. The minimum absolute atomic E-state index is 0.153. The highest BCUT2D eigenvalue weighted by Crippen LogP contribution is 2.29. The number of sulfonamides is 1. The minimum atomic E-state index is -3.13. The van der Waals surface area contributed by atoms with Crippen molar-refractivity contribution < 1.29 is 13.2 Å². The molecule has 1 saturated carbocycles. The van der Waals surface area contributed by atoms with Crippen molar-refractivity contribution in [3.05, 3.63) is 12.3 Å². The summed E-state index contributed by atoms with van der Waals surface area (Å²) in [7, 11) is -3.13. The lowest BCUT2D eigenvalue weighted by Crippen LogP contribution is -2.52. The predicted molar refractivity (Wildman–Crippen MR) is 68.4 cm³/mol. The van der Waals surface area contributed by atoms with Crippen LogP contribution in [0.3, 0.4) is 0 Å². The number of allylic oxidation sites excluding steroid dienone is 1. The molecule has 0 aromatic heterocycles. The Labute approximate surface area is 108 Å². The van der Waals surface area contributed by atoms with Gasteiger partial charge in [-0.3, -0.25) is 0 Å². The lowest BCUT2D eigenvalue weighted by atomic mass is 10.4. The summed E-state index contributed by atoms with van der Waals surface area (Å²) in [5, 5.41) is 2.72. The van der Waals surface area contributed by atoms with Gasteiger partial charge in [-0.1, -0.05) is 6.08 Å². The highest BCUT2D eigenvalue weighted by Gasteiger charge is 2.25. The van der Waals surface area contributed by atoms with Crippen LogP contribution in [0.15, 0.2) is 12.3 Å². The van der Waals surface area contributed by atoms with Crippen molar-refractivity contribution in [1.29, 1.82) is 0 Å². The average Bonchev–Trinajstić information content (AvgIpc) is 3.12. The lowest BCUT2D eigenvalue weighted by Gasteiger charge is -2.32. The van der Waals surface area contributed by atoms with E-state index in [0.29, 0.717) is 32.1 Å². The van der Waals surface area contributed by atoms with Crippen LogP contribution in [-0.4, -0.2) is 56.1 Å². The third-order valence-electron chi connectivity index (χ3n) is 3.19. The molecule has 2 rings (SSSR count). The highest BCUT2D eigenvalue weighted by molar-refractivity contribution is 7.88. The van der Waals surface area contributed by atoms with Crippen LogP contribution in [0.25, 0.3) is 0 Å². The first kappa shape index (κ1) is 13.4. The molecule has 2 fully saturated rings. The fraction of sp³-hybridized carbons (Fsp3) is 0.727. The maximum Gasteiger partial charge on any atom is 0.321 e. The molecule has 0 bridgehead atoms. The quantitative estimate of drug-likeness (QED) is 0.798. The van der Waals surface area contributed by atoms with Crippen LogP contribution in [0.5, 0.6) is 0 Å². The van der Waals surface area contributed by atoms with Gasteiger partial charge in [0.05, 0.1) is 6.26 Å². The molecule has 7 heteroatoms. The molecule has 0 aromatic rings. The van der Waals surface area contributed by atoms with E-state index in [0.717, 1.165) is 0 Å². The average molecular weight is 273 g/mol. The summed E-state index contributed by atoms with van der Waals surface area (Å²) >= 11 is 0. The Bertz CT molecular complexity index is 434. The zero-order valence-electron chi connectivity index (χ0n) is 10.5. The van der Waals surface area contributed by atoms with E-state index in [-0.39, 0.29) is 6.03 Å². The van der Waals surface area contributed by atoms with Crippen LogP contribution >= 0.6 is 0 Å². The Hall–Kier alpha value is -1.08. The summed E-state index contributed by atoms with van der Waals surface area (Å²) in [6.07, 6.45) is 7.31. The Morgan fingerprint density at radius 3 is 2.33 bits per heavy atom. The Morgan fingerprint density at radius 1 is 1.22 bits per heavy atom. The van der Waals surface area contributed by atoms with Crippen LogP contribution in [0.2, 0.25) is 0 Å². The van der Waals surface area contributed by atoms with Gasteiger partial charge in [-0.05, 0) is 18.8 Å². The van der Waals surface area contributed by atoms with E-state index in [1.807, 2.05) is 6.08 Å². The second-order valence-electron chi connectivity index (χ2n) is 4.80. The van der Waals surface area contributed by atoms with Gasteiger partial charge in [-0.2, -0.15) is 4.31 Å². The van der Waals surface area contributed by atoms with E-state index >= 15 is 0 Å². The lowest BCUT2D eigenvalue weighted by molar-refractivity contribution is 0.176. The fourth-order valence-corrected chi connectivity index (χ4v) is 2.68. The van der Waals surface area contributed by atoms with Gasteiger partial charge in [-0.15, -0.1) is 0 Å². The summed E-state index contributed by atoms with van der Waals surface area (Å²) in [6, 6.07) is -0.153. The van der Waals surface area contributed by atoms with Gasteiger partial charge < -0.3 is 10.2 Å². The van der Waals surface area contributed by atoms with E-state index in [1.54, 1.807) is 11.1 Å². The van der Waals surface area contributed by atoms with E-state index in [2.05, 4.69) is 5.32 Å². The number of piperazine rings is 1. The monoisotopic (exact) mass is 273 g/mol. The number of carbonyl (C=O) groups is 1. The molecule has 1 aliphatic heterocycles. The first-order chi connectivity index (χ1) is 8.47. The van der Waals surface area contributed by atoms with Gasteiger partial charge >= 0.3 is 6.03 Å². The molecular weight excluding hydrogens is 254 g/mol. The number of nitrogens with zero attached hydrogens (tertiary/aromatic N) is 2. The van der Waals surface area contributed by atoms with Gasteiger partial charge in [0.1, 0.15) is 0 Å². The SMILES string of the molecule is CS(=O)(=O)N1CCN(C(=O)N/C=C/C2CC2)CC1. The summed E-state index contributed by atoms with van der Waals surface area (Å²) < 4.78 is 24.0. The molecule has 18 heavy (non-hydrogen) atoms.